The molecule has 0 spiro atoms. The SMILES string of the molecule is Cc1cccc(C2(c3ccc(F)c(Br)c3)COC(N)=N2)c1. The second kappa shape index (κ2) is 5.15. The quantitative estimate of drug-likeness (QED) is 0.902. The Morgan fingerprint density at radius 2 is 2.00 bits per heavy atom. The number of hydrogen-bond acceptors (Lipinski definition) is 3. The number of halogens is 2. The Morgan fingerprint density at radius 1 is 1.24 bits per heavy atom. The van der Waals surface area contributed by atoms with Crippen LogP contribution in [0.3, 0.4) is 0 Å². The maximum atomic E-state index is 13.5. The van der Waals surface area contributed by atoms with Gasteiger partial charge in [-0.25, -0.2) is 9.38 Å². The van der Waals surface area contributed by atoms with E-state index >= 15 is 0 Å². The molecule has 0 fully saturated rings. The van der Waals surface area contributed by atoms with Crippen LogP contribution in [0.5, 0.6) is 0 Å². The van der Waals surface area contributed by atoms with Crippen LogP contribution in [-0.4, -0.2) is 12.6 Å². The van der Waals surface area contributed by atoms with E-state index in [9.17, 15) is 4.39 Å². The number of aliphatic imine (C=N–C) groups is 1. The Bertz CT molecular complexity index is 732. The van der Waals surface area contributed by atoms with Crippen molar-refractivity contribution in [3.8, 4) is 0 Å². The summed E-state index contributed by atoms with van der Waals surface area (Å²) in [5, 5.41) is 0. The van der Waals surface area contributed by atoms with Gasteiger partial charge in [0.2, 0.25) is 0 Å². The lowest BCUT2D eigenvalue weighted by atomic mass is 9.84. The number of nitrogens with zero attached hydrogens (tertiary/aromatic N) is 1. The first-order valence-electron chi connectivity index (χ1n) is 6.52. The van der Waals surface area contributed by atoms with E-state index in [4.69, 9.17) is 10.5 Å². The largest absolute Gasteiger partial charge is 0.462 e. The minimum absolute atomic E-state index is 0.150. The molecule has 1 heterocycles. The van der Waals surface area contributed by atoms with Crippen LogP contribution >= 0.6 is 15.9 Å². The number of aryl methyl sites for hydroxylation is 1. The Hall–Kier alpha value is -1.88. The van der Waals surface area contributed by atoms with Gasteiger partial charge in [-0.05, 0) is 46.1 Å². The van der Waals surface area contributed by atoms with Crippen molar-refractivity contribution < 1.29 is 9.13 Å². The molecule has 2 aromatic rings. The molecule has 0 saturated carbocycles. The predicted octanol–water partition coefficient (Wildman–Crippen LogP) is 3.49. The standard InChI is InChI=1S/C16H14BrFN2O/c1-10-3-2-4-11(7-10)16(9-21-15(19)20-16)12-5-6-14(18)13(17)8-12/h2-8H,9H2,1H3,(H2,19,20). The zero-order chi connectivity index (χ0) is 15.0. The van der Waals surface area contributed by atoms with Crippen molar-refractivity contribution in [1.82, 2.24) is 0 Å². The summed E-state index contributed by atoms with van der Waals surface area (Å²) >= 11 is 3.22. The molecule has 108 valence electrons. The highest BCUT2D eigenvalue weighted by Crippen LogP contribution is 2.39. The van der Waals surface area contributed by atoms with Crippen LogP contribution in [0.4, 0.5) is 4.39 Å². The maximum Gasteiger partial charge on any atom is 0.283 e. The lowest BCUT2D eigenvalue weighted by molar-refractivity contribution is 0.278. The summed E-state index contributed by atoms with van der Waals surface area (Å²) < 4.78 is 19.3. The average molecular weight is 349 g/mol. The monoisotopic (exact) mass is 348 g/mol. The molecular formula is C16H14BrFN2O. The van der Waals surface area contributed by atoms with E-state index in [0.717, 1.165) is 16.7 Å². The molecule has 1 aliphatic rings. The van der Waals surface area contributed by atoms with Crippen molar-refractivity contribution in [1.29, 1.82) is 0 Å². The molecule has 3 nitrogen and oxygen atoms in total. The van der Waals surface area contributed by atoms with Gasteiger partial charge in [0, 0.05) is 0 Å². The van der Waals surface area contributed by atoms with Gasteiger partial charge in [0.25, 0.3) is 6.02 Å². The molecule has 0 radical (unpaired) electrons. The lowest BCUT2D eigenvalue weighted by Crippen LogP contribution is -2.27. The van der Waals surface area contributed by atoms with Gasteiger partial charge in [-0.15, -0.1) is 0 Å². The van der Waals surface area contributed by atoms with Crippen LogP contribution in [0.2, 0.25) is 0 Å². The molecule has 5 heteroatoms. The van der Waals surface area contributed by atoms with E-state index in [1.807, 2.05) is 31.2 Å². The molecule has 0 aromatic heterocycles. The smallest absolute Gasteiger partial charge is 0.283 e. The summed E-state index contributed by atoms with van der Waals surface area (Å²) in [7, 11) is 0. The molecule has 2 N–H and O–H groups in total. The first-order valence-corrected chi connectivity index (χ1v) is 7.31. The summed E-state index contributed by atoms with van der Waals surface area (Å²) in [6.45, 7) is 2.32. The summed E-state index contributed by atoms with van der Waals surface area (Å²) in [5.41, 5.74) is 7.93. The predicted molar refractivity (Wildman–Crippen MR) is 83.6 cm³/mol. The number of ether oxygens (including phenoxy) is 1. The van der Waals surface area contributed by atoms with E-state index in [2.05, 4.69) is 20.9 Å². The molecule has 1 atom stereocenters. The van der Waals surface area contributed by atoms with Crippen molar-refractivity contribution >= 4 is 22.0 Å². The highest BCUT2D eigenvalue weighted by Gasteiger charge is 2.40. The van der Waals surface area contributed by atoms with Gasteiger partial charge in [-0.1, -0.05) is 35.9 Å². The molecule has 21 heavy (non-hydrogen) atoms. The molecule has 3 rings (SSSR count). The Balaban J connectivity index is 2.21. The van der Waals surface area contributed by atoms with Crippen LogP contribution in [0.1, 0.15) is 16.7 Å². The van der Waals surface area contributed by atoms with E-state index in [1.54, 1.807) is 12.1 Å². The van der Waals surface area contributed by atoms with Gasteiger partial charge in [-0.2, -0.15) is 0 Å². The summed E-state index contributed by atoms with van der Waals surface area (Å²) in [6, 6.07) is 13.0. The number of benzene rings is 2. The second-order valence-corrected chi connectivity index (χ2v) is 5.95. The third-order valence-electron chi connectivity index (χ3n) is 3.62. The van der Waals surface area contributed by atoms with Crippen molar-refractivity contribution in [3.05, 3.63) is 69.4 Å². The van der Waals surface area contributed by atoms with Crippen LogP contribution in [0, 0.1) is 12.7 Å². The van der Waals surface area contributed by atoms with Crippen LogP contribution in [-0.2, 0) is 10.3 Å². The first kappa shape index (κ1) is 14.1. The maximum absolute atomic E-state index is 13.5. The molecule has 1 aliphatic heterocycles. The van der Waals surface area contributed by atoms with E-state index in [0.29, 0.717) is 11.1 Å². The van der Waals surface area contributed by atoms with Gasteiger partial charge >= 0.3 is 0 Å². The lowest BCUT2D eigenvalue weighted by Gasteiger charge is -2.26. The minimum Gasteiger partial charge on any atom is -0.462 e. The molecule has 2 aromatic carbocycles. The number of rotatable bonds is 2. The van der Waals surface area contributed by atoms with Crippen molar-refractivity contribution in [2.45, 2.75) is 12.5 Å². The summed E-state index contributed by atoms with van der Waals surface area (Å²) in [5.74, 6) is -0.311. The second-order valence-electron chi connectivity index (χ2n) is 5.10. The number of nitrogens with two attached hydrogens (primary N) is 1. The normalized spacial score (nSPS) is 21.0. The highest BCUT2D eigenvalue weighted by atomic mass is 79.9. The average Bonchev–Trinajstić information content (AvgIpc) is 2.85. The highest BCUT2D eigenvalue weighted by molar-refractivity contribution is 9.10. The van der Waals surface area contributed by atoms with Gasteiger partial charge in [0.15, 0.2) is 5.54 Å². The Kier molecular flexibility index (Phi) is 3.45. The third-order valence-corrected chi connectivity index (χ3v) is 4.23. The van der Waals surface area contributed by atoms with Crippen molar-refractivity contribution in [2.24, 2.45) is 10.7 Å². The molecule has 0 amide bonds. The summed E-state index contributed by atoms with van der Waals surface area (Å²) in [4.78, 5) is 4.50. The Labute approximate surface area is 130 Å². The van der Waals surface area contributed by atoms with Gasteiger partial charge < -0.3 is 10.5 Å². The molecule has 1 unspecified atom stereocenters. The van der Waals surface area contributed by atoms with E-state index in [-0.39, 0.29) is 11.8 Å². The first-order chi connectivity index (χ1) is 10.0. The van der Waals surface area contributed by atoms with E-state index < -0.39 is 5.54 Å². The van der Waals surface area contributed by atoms with Crippen LogP contribution in [0.25, 0.3) is 0 Å². The molecule has 0 aliphatic carbocycles. The van der Waals surface area contributed by atoms with Crippen LogP contribution < -0.4 is 5.73 Å². The molecule has 0 saturated heterocycles. The fourth-order valence-electron chi connectivity index (χ4n) is 2.55. The fourth-order valence-corrected chi connectivity index (χ4v) is 2.93. The molecule has 0 bridgehead atoms. The number of hydrogen-bond donors (Lipinski definition) is 1. The third kappa shape index (κ3) is 2.42. The van der Waals surface area contributed by atoms with Crippen molar-refractivity contribution in [3.63, 3.8) is 0 Å². The Morgan fingerprint density at radius 3 is 2.62 bits per heavy atom. The topological polar surface area (TPSA) is 47.6 Å². The van der Waals surface area contributed by atoms with Crippen molar-refractivity contribution in [2.75, 3.05) is 6.61 Å². The fraction of sp³-hybridized carbons (Fsp3) is 0.188. The zero-order valence-electron chi connectivity index (χ0n) is 11.4. The minimum atomic E-state index is -0.730. The molecular weight excluding hydrogens is 335 g/mol. The number of amidine groups is 1. The van der Waals surface area contributed by atoms with Crippen LogP contribution in [0.15, 0.2) is 51.9 Å². The van der Waals surface area contributed by atoms with Gasteiger partial charge in [-0.3, -0.25) is 0 Å². The van der Waals surface area contributed by atoms with E-state index in [1.165, 1.54) is 6.07 Å². The zero-order valence-corrected chi connectivity index (χ0v) is 13.0. The van der Waals surface area contributed by atoms with Gasteiger partial charge in [0.1, 0.15) is 12.4 Å². The van der Waals surface area contributed by atoms with Gasteiger partial charge in [0.05, 0.1) is 4.47 Å². The summed E-state index contributed by atoms with van der Waals surface area (Å²) in [6.07, 6.45) is 0.